The van der Waals surface area contributed by atoms with Crippen LogP contribution < -0.4 is 0 Å². The van der Waals surface area contributed by atoms with E-state index in [-0.39, 0.29) is 19.4 Å². The molecule has 2 atom stereocenters. The average molecular weight is 701 g/mol. The van der Waals surface area contributed by atoms with E-state index >= 15 is 0 Å². The van der Waals surface area contributed by atoms with Crippen LogP contribution in [0.5, 0.6) is 0 Å². The molecule has 0 rings (SSSR count). The Labute approximate surface area is 292 Å². The van der Waals surface area contributed by atoms with Crippen molar-refractivity contribution in [2.75, 3.05) is 13.2 Å². The summed E-state index contributed by atoms with van der Waals surface area (Å²) in [6.45, 7) is 5.78. The number of allylic oxidation sites excluding steroid dienone is 5. The molecule has 10 heteroatoms. The van der Waals surface area contributed by atoms with E-state index in [0.717, 1.165) is 63.7 Å². The second-order valence-electron chi connectivity index (χ2n) is 13.2. The molecule has 48 heavy (non-hydrogen) atoms. The molecule has 9 nitrogen and oxygen atoms in total. The fraction of sp³-hybridized carbons (Fsp3) is 0.789. The molecule has 0 amide bonds. The van der Waals surface area contributed by atoms with Crippen molar-refractivity contribution < 1.29 is 43.0 Å². The van der Waals surface area contributed by atoms with Crippen molar-refractivity contribution >= 4 is 19.8 Å². The van der Waals surface area contributed by atoms with E-state index in [1.807, 2.05) is 18.2 Å². The molecule has 0 aliphatic rings. The molecule has 0 bridgehead atoms. The number of phosphoric ester groups is 1. The summed E-state index contributed by atoms with van der Waals surface area (Å²) >= 11 is 0. The van der Waals surface area contributed by atoms with Crippen LogP contribution in [-0.2, 0) is 28.2 Å². The minimum atomic E-state index is -4.77. The Kier molecular flexibility index (Phi) is 31.2. The number of aliphatic hydroxyl groups excluding tert-OH is 1. The van der Waals surface area contributed by atoms with Crippen LogP contribution in [-0.4, -0.2) is 52.3 Å². The van der Waals surface area contributed by atoms with Crippen LogP contribution in [0.4, 0.5) is 0 Å². The van der Waals surface area contributed by atoms with Gasteiger partial charge in [-0.15, -0.1) is 0 Å². The Bertz CT molecular complexity index is 910. The first-order valence-corrected chi connectivity index (χ1v) is 20.3. The number of hydrogen-bond donors (Lipinski definition) is 3. The van der Waals surface area contributed by atoms with Crippen molar-refractivity contribution in [3.63, 3.8) is 0 Å². The number of aliphatic hydroxyl groups is 1. The van der Waals surface area contributed by atoms with Gasteiger partial charge in [0.25, 0.3) is 0 Å². The molecule has 0 heterocycles. The van der Waals surface area contributed by atoms with Gasteiger partial charge >= 0.3 is 19.8 Å². The number of carbonyl (C=O) groups is 2. The highest BCUT2D eigenvalue weighted by Crippen LogP contribution is 2.36. The largest absolute Gasteiger partial charge is 0.469 e. The second kappa shape index (κ2) is 32.4. The molecule has 0 saturated heterocycles. The first-order chi connectivity index (χ1) is 23.0. The molecule has 0 spiro atoms. The van der Waals surface area contributed by atoms with Crippen molar-refractivity contribution in [2.45, 2.75) is 174 Å². The smallest absolute Gasteiger partial charge is 0.462 e. The summed E-state index contributed by atoms with van der Waals surface area (Å²) in [5.41, 5.74) is 0. The van der Waals surface area contributed by atoms with E-state index in [9.17, 15) is 19.3 Å². The summed E-state index contributed by atoms with van der Waals surface area (Å²) in [6.07, 6.45) is 31.8. The Morgan fingerprint density at radius 1 is 0.667 bits per heavy atom. The molecule has 0 radical (unpaired) electrons. The van der Waals surface area contributed by atoms with Gasteiger partial charge in [0.2, 0.25) is 0 Å². The van der Waals surface area contributed by atoms with Crippen LogP contribution in [0.15, 0.2) is 36.5 Å². The highest BCUT2D eigenvalue weighted by Gasteiger charge is 2.22. The van der Waals surface area contributed by atoms with E-state index in [1.54, 1.807) is 6.08 Å². The van der Waals surface area contributed by atoms with Gasteiger partial charge in [0.05, 0.1) is 12.7 Å². The number of unbranched alkanes of at least 4 members (excludes halogenated alkanes) is 14. The standard InChI is InChI=1S/C38H69O9P/c1-4-5-6-7-13-18-23-28-35(39)29-24-19-16-21-26-31-38(41)47-36(33-46-48(42,43)44)32-45-37(40)30-25-20-15-12-10-8-9-11-14-17-22-27-34(2)3/h5-6,13,18,23,28,34-36,39H,4,7-12,14-17,19-22,24-27,29-33H2,1-3H3,(H2,42,43,44)/b6-5+,18-13+,28-23+/t35?,36-/m1/s1. The molecule has 0 aromatic heterocycles. The average Bonchev–Trinajstić information content (AvgIpc) is 3.03. The minimum absolute atomic E-state index is 0.143. The third kappa shape index (κ3) is 35.5. The molecule has 0 aliphatic heterocycles. The maximum atomic E-state index is 12.4. The third-order valence-electron chi connectivity index (χ3n) is 7.96. The normalized spacial score (nSPS) is 13.6. The van der Waals surface area contributed by atoms with Gasteiger partial charge in [-0.05, 0) is 38.0 Å². The Hall–Kier alpha value is -1.77. The number of hydrogen-bond acceptors (Lipinski definition) is 7. The molecule has 0 saturated carbocycles. The van der Waals surface area contributed by atoms with E-state index in [0.29, 0.717) is 19.3 Å². The fourth-order valence-corrected chi connectivity index (χ4v) is 5.51. The minimum Gasteiger partial charge on any atom is -0.462 e. The van der Waals surface area contributed by atoms with Gasteiger partial charge < -0.3 is 24.4 Å². The highest BCUT2D eigenvalue weighted by atomic mass is 31.2. The summed E-state index contributed by atoms with van der Waals surface area (Å²) in [6, 6.07) is 0. The van der Waals surface area contributed by atoms with Gasteiger partial charge in [-0.2, -0.15) is 0 Å². The van der Waals surface area contributed by atoms with Gasteiger partial charge in [-0.3, -0.25) is 14.1 Å². The van der Waals surface area contributed by atoms with E-state index < -0.39 is 38.6 Å². The zero-order valence-electron chi connectivity index (χ0n) is 30.4. The molecule has 0 aromatic carbocycles. The zero-order valence-corrected chi connectivity index (χ0v) is 31.3. The zero-order chi connectivity index (χ0) is 35.7. The molecule has 0 fully saturated rings. The van der Waals surface area contributed by atoms with Gasteiger partial charge in [0.1, 0.15) is 6.61 Å². The van der Waals surface area contributed by atoms with Crippen LogP contribution in [0.1, 0.15) is 162 Å². The lowest BCUT2D eigenvalue weighted by Crippen LogP contribution is -2.29. The Balaban J connectivity index is 4.06. The van der Waals surface area contributed by atoms with Gasteiger partial charge in [0, 0.05) is 12.8 Å². The first kappa shape index (κ1) is 46.2. The Morgan fingerprint density at radius 2 is 1.19 bits per heavy atom. The number of ether oxygens (including phenoxy) is 2. The van der Waals surface area contributed by atoms with Crippen molar-refractivity contribution in [1.82, 2.24) is 0 Å². The highest BCUT2D eigenvalue weighted by molar-refractivity contribution is 7.46. The van der Waals surface area contributed by atoms with E-state index in [2.05, 4.69) is 37.4 Å². The number of rotatable bonds is 33. The first-order valence-electron chi connectivity index (χ1n) is 18.7. The quantitative estimate of drug-likeness (QED) is 0.0201. The van der Waals surface area contributed by atoms with Crippen molar-refractivity contribution in [2.24, 2.45) is 5.92 Å². The van der Waals surface area contributed by atoms with Crippen LogP contribution in [0.25, 0.3) is 0 Å². The van der Waals surface area contributed by atoms with Crippen LogP contribution >= 0.6 is 7.82 Å². The summed E-state index contributed by atoms with van der Waals surface area (Å²) in [7, 11) is -4.77. The topological polar surface area (TPSA) is 140 Å². The van der Waals surface area contributed by atoms with Crippen molar-refractivity contribution in [1.29, 1.82) is 0 Å². The molecule has 280 valence electrons. The van der Waals surface area contributed by atoms with Gasteiger partial charge in [-0.1, -0.05) is 154 Å². The lowest BCUT2D eigenvalue weighted by molar-refractivity contribution is -0.161. The summed E-state index contributed by atoms with van der Waals surface area (Å²) in [5.74, 6) is -0.158. The van der Waals surface area contributed by atoms with Gasteiger partial charge in [0.15, 0.2) is 6.10 Å². The Morgan fingerprint density at radius 3 is 1.73 bits per heavy atom. The van der Waals surface area contributed by atoms with E-state index in [4.69, 9.17) is 19.3 Å². The maximum absolute atomic E-state index is 12.4. The molecule has 1 unspecified atom stereocenters. The number of carbonyl (C=O) groups excluding carboxylic acids is 2. The summed E-state index contributed by atoms with van der Waals surface area (Å²) < 4.78 is 26.2. The number of phosphoric acid groups is 1. The van der Waals surface area contributed by atoms with Gasteiger partial charge in [-0.25, -0.2) is 4.57 Å². The molecular weight excluding hydrogens is 631 g/mol. The maximum Gasteiger partial charge on any atom is 0.469 e. The lowest BCUT2D eigenvalue weighted by Gasteiger charge is -2.18. The monoisotopic (exact) mass is 700 g/mol. The molecule has 3 N–H and O–H groups in total. The van der Waals surface area contributed by atoms with Crippen LogP contribution in [0.2, 0.25) is 0 Å². The molecule has 0 aromatic rings. The summed E-state index contributed by atoms with van der Waals surface area (Å²) in [4.78, 5) is 42.7. The lowest BCUT2D eigenvalue weighted by atomic mass is 10.0. The molecule has 0 aliphatic carbocycles. The molecular formula is C38H69O9P. The summed E-state index contributed by atoms with van der Waals surface area (Å²) in [5, 5.41) is 10.1. The number of esters is 2. The predicted molar refractivity (Wildman–Crippen MR) is 194 cm³/mol. The van der Waals surface area contributed by atoms with Crippen molar-refractivity contribution in [3.8, 4) is 0 Å². The van der Waals surface area contributed by atoms with E-state index in [1.165, 1.54) is 51.4 Å². The fourth-order valence-electron chi connectivity index (χ4n) is 5.15. The SMILES string of the molecule is CC/C=C/C/C=C/C=C/C(O)CCCCCCCC(=O)O[C@H](COC(=O)CCCCCCCCCCCCCC(C)C)COP(=O)(O)O. The van der Waals surface area contributed by atoms with Crippen LogP contribution in [0.3, 0.4) is 0 Å². The third-order valence-corrected chi connectivity index (χ3v) is 8.44. The second-order valence-corrected chi connectivity index (χ2v) is 14.4. The predicted octanol–water partition coefficient (Wildman–Crippen LogP) is 9.84. The van der Waals surface area contributed by atoms with Crippen molar-refractivity contribution in [3.05, 3.63) is 36.5 Å². The van der Waals surface area contributed by atoms with Crippen LogP contribution in [0, 0.1) is 5.92 Å².